The molecule has 2 heterocycles. The predicted molar refractivity (Wildman–Crippen MR) is 118 cm³/mol. The molecular weight excluding hydrogens is 432 g/mol. The van der Waals surface area contributed by atoms with Crippen LogP contribution in [0.25, 0.3) is 10.8 Å². The molecule has 0 aliphatic heterocycles. The molecule has 1 fully saturated rings. The number of sulfonamides is 1. The molecule has 32 heavy (non-hydrogen) atoms. The van der Waals surface area contributed by atoms with E-state index in [1.54, 1.807) is 24.4 Å². The van der Waals surface area contributed by atoms with E-state index in [0.717, 1.165) is 35.0 Å². The summed E-state index contributed by atoms with van der Waals surface area (Å²) >= 11 is 0. The molecular formula is C24H25F2N3O2S. The van der Waals surface area contributed by atoms with Crippen LogP contribution in [0.1, 0.15) is 67.3 Å². The van der Waals surface area contributed by atoms with Crippen LogP contribution in [0.5, 0.6) is 0 Å². The zero-order valence-corrected chi connectivity index (χ0v) is 18.8. The normalized spacial score (nSPS) is 18.8. The average Bonchev–Trinajstić information content (AvgIpc) is 3.51. The number of benzene rings is 1. The van der Waals surface area contributed by atoms with Crippen molar-refractivity contribution in [1.82, 2.24) is 14.7 Å². The standard InChI is InChI=1S/C24H25F2N3O2S/c1-24(2,26)13-29-32(30,31)22-11-18-15(17-4-3-9-27-23(17)25)7-8-16(18)20-12-28-21(10-19(20)22)14-5-6-14/h3-4,9-12,14-15,29H,5-8,13H2,1-2H3. The number of pyridine rings is 2. The highest BCUT2D eigenvalue weighted by Crippen LogP contribution is 2.45. The largest absolute Gasteiger partial charge is 0.260 e. The fourth-order valence-electron chi connectivity index (χ4n) is 4.56. The van der Waals surface area contributed by atoms with Gasteiger partial charge in [0.25, 0.3) is 0 Å². The molecule has 2 aliphatic carbocycles. The Morgan fingerprint density at radius 2 is 1.91 bits per heavy atom. The summed E-state index contributed by atoms with van der Waals surface area (Å²) in [4.78, 5) is 8.48. The Kier molecular flexibility index (Phi) is 5.05. The first-order valence-electron chi connectivity index (χ1n) is 10.9. The first kappa shape index (κ1) is 21.4. The van der Waals surface area contributed by atoms with Crippen molar-refractivity contribution in [2.24, 2.45) is 0 Å². The van der Waals surface area contributed by atoms with Crippen LogP contribution in [-0.2, 0) is 16.4 Å². The fourth-order valence-corrected chi connectivity index (χ4v) is 5.99. The lowest BCUT2D eigenvalue weighted by Crippen LogP contribution is -2.35. The first-order chi connectivity index (χ1) is 15.1. The Morgan fingerprint density at radius 1 is 1.12 bits per heavy atom. The van der Waals surface area contributed by atoms with Crippen LogP contribution in [0.4, 0.5) is 8.78 Å². The minimum absolute atomic E-state index is 0.0935. The molecule has 1 N–H and O–H groups in total. The predicted octanol–water partition coefficient (Wildman–Crippen LogP) is 4.75. The van der Waals surface area contributed by atoms with Crippen LogP contribution >= 0.6 is 0 Å². The van der Waals surface area contributed by atoms with Crippen molar-refractivity contribution >= 4 is 20.8 Å². The Labute approximate surface area is 186 Å². The molecule has 0 spiro atoms. The van der Waals surface area contributed by atoms with Crippen LogP contribution in [0.2, 0.25) is 0 Å². The number of aryl methyl sites for hydroxylation is 1. The lowest BCUT2D eigenvalue weighted by Gasteiger charge is -2.19. The number of alkyl halides is 1. The van der Waals surface area contributed by atoms with Gasteiger partial charge in [0, 0.05) is 52.8 Å². The minimum Gasteiger partial charge on any atom is -0.260 e. The van der Waals surface area contributed by atoms with Crippen molar-refractivity contribution in [1.29, 1.82) is 0 Å². The molecule has 8 heteroatoms. The number of nitrogens with one attached hydrogen (secondary N) is 1. The summed E-state index contributed by atoms with van der Waals surface area (Å²) in [5.41, 5.74) is 1.40. The van der Waals surface area contributed by atoms with Gasteiger partial charge in [0.15, 0.2) is 0 Å². The SMILES string of the molecule is CC(C)(F)CNS(=O)(=O)c1cc2c(c3cnc(C4CC4)cc13)CCC2c1cccnc1F. The van der Waals surface area contributed by atoms with Crippen molar-refractivity contribution in [2.75, 3.05) is 6.54 Å². The molecule has 5 rings (SSSR count). The highest BCUT2D eigenvalue weighted by molar-refractivity contribution is 7.89. The summed E-state index contributed by atoms with van der Waals surface area (Å²) in [7, 11) is -4.01. The van der Waals surface area contributed by atoms with Gasteiger partial charge in [-0.25, -0.2) is 22.5 Å². The number of nitrogens with zero attached hydrogens (tertiary/aromatic N) is 2. The van der Waals surface area contributed by atoms with Crippen molar-refractivity contribution in [3.8, 4) is 0 Å². The smallest absolute Gasteiger partial charge is 0.241 e. The van der Waals surface area contributed by atoms with Gasteiger partial charge < -0.3 is 0 Å². The van der Waals surface area contributed by atoms with Crippen LogP contribution in [0.3, 0.4) is 0 Å². The summed E-state index contributed by atoms with van der Waals surface area (Å²) in [6.45, 7) is 2.31. The van der Waals surface area contributed by atoms with E-state index < -0.39 is 21.6 Å². The minimum atomic E-state index is -4.01. The second-order valence-electron chi connectivity index (χ2n) is 9.39. The second kappa shape index (κ2) is 7.56. The maximum Gasteiger partial charge on any atom is 0.241 e. The number of halogens is 2. The van der Waals surface area contributed by atoms with E-state index in [2.05, 4.69) is 14.7 Å². The molecule has 0 bridgehead atoms. The van der Waals surface area contributed by atoms with Crippen molar-refractivity contribution in [3.63, 3.8) is 0 Å². The Hall–Kier alpha value is -2.45. The first-order valence-corrected chi connectivity index (χ1v) is 12.4. The van der Waals surface area contributed by atoms with E-state index in [0.29, 0.717) is 29.7 Å². The second-order valence-corrected chi connectivity index (χ2v) is 11.1. The Balaban J connectivity index is 1.70. The zero-order valence-electron chi connectivity index (χ0n) is 18.0. The summed E-state index contributed by atoms with van der Waals surface area (Å²) < 4.78 is 57.6. The molecule has 0 radical (unpaired) electrons. The maximum atomic E-state index is 14.5. The number of hydrogen-bond donors (Lipinski definition) is 1. The van der Waals surface area contributed by atoms with E-state index in [4.69, 9.17) is 0 Å². The van der Waals surface area contributed by atoms with Gasteiger partial charge in [0.2, 0.25) is 16.0 Å². The Bertz CT molecular complexity index is 1310. The molecule has 1 atom stereocenters. The summed E-state index contributed by atoms with van der Waals surface area (Å²) in [5.74, 6) is -0.481. The quantitative estimate of drug-likeness (QED) is 0.542. The number of fused-ring (bicyclic) bond motifs is 3. The lowest BCUT2D eigenvalue weighted by molar-refractivity contribution is 0.221. The van der Waals surface area contributed by atoms with Gasteiger partial charge >= 0.3 is 0 Å². The number of aromatic nitrogens is 2. The van der Waals surface area contributed by atoms with Crippen molar-refractivity contribution in [2.45, 2.75) is 61.9 Å². The molecule has 3 aromatic rings. The van der Waals surface area contributed by atoms with Crippen molar-refractivity contribution in [3.05, 3.63) is 65.0 Å². The third-order valence-corrected chi connectivity index (χ3v) is 7.78. The summed E-state index contributed by atoms with van der Waals surface area (Å²) in [6, 6.07) is 6.88. The van der Waals surface area contributed by atoms with Crippen molar-refractivity contribution < 1.29 is 17.2 Å². The lowest BCUT2D eigenvalue weighted by atomic mass is 9.92. The maximum absolute atomic E-state index is 14.5. The van der Waals surface area contributed by atoms with Gasteiger partial charge in [-0.2, -0.15) is 4.39 Å². The number of rotatable bonds is 6. The fraction of sp³-hybridized carbons (Fsp3) is 0.417. The van der Waals surface area contributed by atoms with Gasteiger partial charge in [-0.15, -0.1) is 0 Å². The van der Waals surface area contributed by atoms with Gasteiger partial charge in [-0.3, -0.25) is 4.98 Å². The summed E-state index contributed by atoms with van der Waals surface area (Å²) in [5, 5.41) is 1.36. The molecule has 2 aromatic heterocycles. The highest BCUT2D eigenvalue weighted by atomic mass is 32.2. The van der Waals surface area contributed by atoms with Gasteiger partial charge in [0.1, 0.15) is 5.67 Å². The van der Waals surface area contributed by atoms with Gasteiger partial charge in [-0.1, -0.05) is 6.07 Å². The molecule has 1 aromatic carbocycles. The van der Waals surface area contributed by atoms with Crippen LogP contribution in [0, 0.1) is 5.95 Å². The molecule has 0 amide bonds. The monoisotopic (exact) mass is 457 g/mol. The Morgan fingerprint density at radius 3 is 2.59 bits per heavy atom. The summed E-state index contributed by atoms with van der Waals surface area (Å²) in [6.07, 6.45) is 6.59. The molecule has 0 saturated heterocycles. The highest BCUT2D eigenvalue weighted by Gasteiger charge is 2.33. The van der Waals surface area contributed by atoms with Crippen LogP contribution in [-0.4, -0.2) is 30.6 Å². The molecule has 5 nitrogen and oxygen atoms in total. The van der Waals surface area contributed by atoms with E-state index in [-0.39, 0.29) is 17.4 Å². The van der Waals surface area contributed by atoms with Crippen LogP contribution in [0.15, 0.2) is 41.6 Å². The van der Waals surface area contributed by atoms with E-state index in [1.165, 1.54) is 20.0 Å². The number of hydrogen-bond acceptors (Lipinski definition) is 4. The van der Waals surface area contributed by atoms with E-state index in [9.17, 15) is 17.2 Å². The third-order valence-electron chi connectivity index (χ3n) is 6.34. The topological polar surface area (TPSA) is 72.0 Å². The van der Waals surface area contributed by atoms with Gasteiger partial charge in [-0.05, 0) is 68.9 Å². The third kappa shape index (κ3) is 3.90. The molecule has 1 unspecified atom stereocenters. The molecule has 2 aliphatic rings. The van der Waals surface area contributed by atoms with E-state index in [1.807, 2.05) is 6.07 Å². The zero-order chi connectivity index (χ0) is 22.7. The van der Waals surface area contributed by atoms with Gasteiger partial charge in [0.05, 0.1) is 4.90 Å². The van der Waals surface area contributed by atoms with E-state index >= 15 is 0 Å². The van der Waals surface area contributed by atoms with Crippen LogP contribution < -0.4 is 4.72 Å². The molecule has 1 saturated carbocycles. The average molecular weight is 458 g/mol. The molecule has 168 valence electrons.